The van der Waals surface area contributed by atoms with Gasteiger partial charge in [-0.15, -0.1) is 0 Å². The Labute approximate surface area is 122 Å². The van der Waals surface area contributed by atoms with E-state index in [1.165, 1.54) is 11.0 Å². The fourth-order valence-electron chi connectivity index (χ4n) is 3.29. The van der Waals surface area contributed by atoms with Crippen LogP contribution in [0.2, 0.25) is 0 Å². The summed E-state index contributed by atoms with van der Waals surface area (Å²) in [5, 5.41) is 10.1. The van der Waals surface area contributed by atoms with Crippen LogP contribution in [0.3, 0.4) is 0 Å². The summed E-state index contributed by atoms with van der Waals surface area (Å²) in [6, 6.07) is 0.494. The van der Waals surface area contributed by atoms with E-state index in [1.807, 2.05) is 0 Å². The molecule has 2 aliphatic heterocycles. The van der Waals surface area contributed by atoms with E-state index in [0.29, 0.717) is 19.1 Å². The summed E-state index contributed by atoms with van der Waals surface area (Å²) in [5.74, 6) is -0.238. The number of hydrogen-bond acceptors (Lipinski definition) is 5. The Balaban J connectivity index is 1.82. The van der Waals surface area contributed by atoms with E-state index in [1.54, 1.807) is 6.92 Å². The number of fused-ring (bicyclic) bond motifs is 1. The van der Waals surface area contributed by atoms with Gasteiger partial charge in [-0.1, -0.05) is 6.92 Å². The molecule has 0 saturated carbocycles. The van der Waals surface area contributed by atoms with Gasteiger partial charge in [0.25, 0.3) is 5.56 Å². The molecule has 2 fully saturated rings. The molecule has 2 unspecified atom stereocenters. The van der Waals surface area contributed by atoms with Crippen LogP contribution in [0, 0.1) is 0 Å². The molecule has 0 spiro atoms. The average molecular weight is 295 g/mol. The van der Waals surface area contributed by atoms with E-state index in [9.17, 15) is 14.7 Å². The maximum absolute atomic E-state index is 11.9. The van der Waals surface area contributed by atoms with Gasteiger partial charge < -0.3 is 9.84 Å². The maximum Gasteiger partial charge on any atom is 0.331 e. The van der Waals surface area contributed by atoms with Gasteiger partial charge in [0.15, 0.2) is 0 Å². The molecule has 3 rings (SSSR count). The number of H-pyrrole nitrogens is 1. The smallest absolute Gasteiger partial charge is 0.331 e. The van der Waals surface area contributed by atoms with Gasteiger partial charge in [0.2, 0.25) is 5.88 Å². The normalized spacial score (nSPS) is 26.0. The molecule has 0 radical (unpaired) electrons. The predicted octanol–water partition coefficient (Wildman–Crippen LogP) is -0.332. The molecule has 2 atom stereocenters. The summed E-state index contributed by atoms with van der Waals surface area (Å²) >= 11 is 0. The van der Waals surface area contributed by atoms with Gasteiger partial charge in [0, 0.05) is 12.6 Å². The first-order valence-electron chi connectivity index (χ1n) is 7.50. The van der Waals surface area contributed by atoms with E-state index in [4.69, 9.17) is 4.74 Å². The van der Waals surface area contributed by atoms with Crippen LogP contribution in [0.25, 0.3) is 0 Å². The van der Waals surface area contributed by atoms with Crippen molar-refractivity contribution in [2.24, 2.45) is 0 Å². The number of nitrogens with zero attached hydrogens (tertiary/aromatic N) is 2. The average Bonchev–Trinajstić information content (AvgIpc) is 2.91. The van der Waals surface area contributed by atoms with Gasteiger partial charge in [-0.05, 0) is 25.8 Å². The second-order valence-electron chi connectivity index (χ2n) is 5.77. The molecule has 0 aliphatic carbocycles. The summed E-state index contributed by atoms with van der Waals surface area (Å²) in [4.78, 5) is 28.2. The highest BCUT2D eigenvalue weighted by molar-refractivity contribution is 5.22. The molecule has 0 aromatic carbocycles. The van der Waals surface area contributed by atoms with Crippen LogP contribution in [0.5, 0.6) is 5.88 Å². The number of aromatic amines is 1. The molecule has 0 amide bonds. The zero-order valence-electron chi connectivity index (χ0n) is 12.2. The molecule has 1 aromatic heterocycles. The Morgan fingerprint density at radius 3 is 3.00 bits per heavy atom. The van der Waals surface area contributed by atoms with E-state index < -0.39 is 11.2 Å². The highest BCUT2D eigenvalue weighted by Gasteiger charge is 2.32. The van der Waals surface area contributed by atoms with Crippen LogP contribution in [-0.2, 0) is 17.7 Å². The monoisotopic (exact) mass is 295 g/mol. The van der Waals surface area contributed by atoms with Gasteiger partial charge in [0.05, 0.1) is 24.8 Å². The molecule has 2 saturated heterocycles. The third kappa shape index (κ3) is 2.63. The molecule has 1 aromatic rings. The number of aromatic hydroxyl groups is 1. The molecule has 2 N–H and O–H groups in total. The standard InChI is InChI=1S/C14H21N3O4/c1-2-11-12(18)15-14(20)17(13(11)19)7-10-6-16-5-3-4-9(16)8-21-10/h9-10,19H,2-8H2,1H3,(H,15,18,20). The van der Waals surface area contributed by atoms with Gasteiger partial charge in [-0.2, -0.15) is 0 Å². The molecule has 7 heteroatoms. The first-order chi connectivity index (χ1) is 10.1. The van der Waals surface area contributed by atoms with E-state index in [-0.39, 0.29) is 24.1 Å². The lowest BCUT2D eigenvalue weighted by Gasteiger charge is -2.35. The highest BCUT2D eigenvalue weighted by atomic mass is 16.5. The lowest BCUT2D eigenvalue weighted by Crippen LogP contribution is -2.48. The zero-order chi connectivity index (χ0) is 15.0. The number of ether oxygens (including phenoxy) is 1. The molecule has 116 valence electrons. The number of morpholine rings is 1. The molecule has 7 nitrogen and oxygen atoms in total. The maximum atomic E-state index is 11.9. The minimum atomic E-state index is -0.582. The van der Waals surface area contributed by atoms with Gasteiger partial charge >= 0.3 is 5.69 Å². The van der Waals surface area contributed by atoms with Crippen LogP contribution < -0.4 is 11.2 Å². The summed E-state index contributed by atoms with van der Waals surface area (Å²) in [5.41, 5.74) is -0.855. The Bertz CT molecular complexity index is 636. The van der Waals surface area contributed by atoms with E-state index in [2.05, 4.69) is 9.88 Å². The number of hydrogen-bond donors (Lipinski definition) is 2. The molecule has 2 aliphatic rings. The minimum absolute atomic E-state index is 0.140. The topological polar surface area (TPSA) is 87.6 Å². The fourth-order valence-corrected chi connectivity index (χ4v) is 3.29. The summed E-state index contributed by atoms with van der Waals surface area (Å²) < 4.78 is 7.01. The second-order valence-corrected chi connectivity index (χ2v) is 5.77. The minimum Gasteiger partial charge on any atom is -0.494 e. The fraction of sp³-hybridized carbons (Fsp3) is 0.714. The second kappa shape index (κ2) is 5.65. The van der Waals surface area contributed by atoms with Crippen molar-refractivity contribution in [2.45, 2.75) is 44.9 Å². The SMILES string of the molecule is CCc1c(O)n(CC2CN3CCCC3CO2)c(=O)[nH]c1=O. The van der Waals surface area contributed by atoms with Crippen molar-refractivity contribution < 1.29 is 9.84 Å². The molecule has 0 bridgehead atoms. The van der Waals surface area contributed by atoms with E-state index in [0.717, 1.165) is 19.5 Å². The highest BCUT2D eigenvalue weighted by Crippen LogP contribution is 2.23. The Morgan fingerprint density at radius 2 is 2.24 bits per heavy atom. The molecular weight excluding hydrogens is 274 g/mol. The van der Waals surface area contributed by atoms with Crippen LogP contribution in [0.4, 0.5) is 0 Å². The number of aromatic nitrogens is 2. The van der Waals surface area contributed by atoms with Crippen molar-refractivity contribution in [3.8, 4) is 5.88 Å². The van der Waals surface area contributed by atoms with Crippen LogP contribution in [0.15, 0.2) is 9.59 Å². The summed E-state index contributed by atoms with van der Waals surface area (Å²) in [6.07, 6.45) is 2.58. The largest absolute Gasteiger partial charge is 0.494 e. The van der Waals surface area contributed by atoms with Crippen molar-refractivity contribution in [2.75, 3.05) is 19.7 Å². The lowest BCUT2D eigenvalue weighted by molar-refractivity contribution is -0.0563. The quantitative estimate of drug-likeness (QED) is 0.797. The zero-order valence-corrected chi connectivity index (χ0v) is 12.2. The van der Waals surface area contributed by atoms with Crippen molar-refractivity contribution in [3.05, 3.63) is 26.4 Å². The first kappa shape index (κ1) is 14.3. The molecule has 21 heavy (non-hydrogen) atoms. The van der Waals surface area contributed by atoms with Crippen molar-refractivity contribution in [3.63, 3.8) is 0 Å². The van der Waals surface area contributed by atoms with Gasteiger partial charge in [-0.3, -0.25) is 19.2 Å². The Kier molecular flexibility index (Phi) is 3.86. The van der Waals surface area contributed by atoms with Gasteiger partial charge in [0.1, 0.15) is 0 Å². The van der Waals surface area contributed by atoms with Crippen molar-refractivity contribution in [1.82, 2.24) is 14.5 Å². The van der Waals surface area contributed by atoms with Crippen molar-refractivity contribution in [1.29, 1.82) is 0 Å². The number of rotatable bonds is 3. The lowest BCUT2D eigenvalue weighted by atomic mass is 10.2. The molecule has 3 heterocycles. The number of nitrogens with one attached hydrogen (secondary N) is 1. The third-order valence-corrected chi connectivity index (χ3v) is 4.47. The third-order valence-electron chi connectivity index (χ3n) is 4.47. The summed E-state index contributed by atoms with van der Waals surface area (Å²) in [7, 11) is 0. The Hall–Kier alpha value is -1.60. The van der Waals surface area contributed by atoms with Gasteiger partial charge in [-0.25, -0.2) is 4.79 Å². The first-order valence-corrected chi connectivity index (χ1v) is 7.50. The van der Waals surface area contributed by atoms with Crippen LogP contribution in [-0.4, -0.2) is 51.4 Å². The van der Waals surface area contributed by atoms with E-state index >= 15 is 0 Å². The van der Waals surface area contributed by atoms with Crippen LogP contribution >= 0.6 is 0 Å². The van der Waals surface area contributed by atoms with Crippen molar-refractivity contribution >= 4 is 0 Å². The molecular formula is C14H21N3O4. The predicted molar refractivity (Wildman–Crippen MR) is 76.7 cm³/mol. The summed E-state index contributed by atoms with van der Waals surface area (Å²) in [6.45, 7) is 4.53. The van der Waals surface area contributed by atoms with Crippen LogP contribution in [0.1, 0.15) is 25.3 Å². The Morgan fingerprint density at radius 1 is 1.43 bits per heavy atom.